The van der Waals surface area contributed by atoms with Gasteiger partial charge in [0.15, 0.2) is 5.65 Å². The number of rotatable bonds is 6. The second kappa shape index (κ2) is 9.13. The molecule has 2 aromatic carbocycles. The molecule has 0 saturated heterocycles. The number of nitrogens with one attached hydrogen (secondary N) is 3. The molecule has 4 aromatic rings. The van der Waals surface area contributed by atoms with E-state index in [1.165, 1.54) is 12.1 Å². The number of para-hydroxylation sites is 1. The first kappa shape index (κ1) is 20.8. The first-order valence-corrected chi connectivity index (χ1v) is 10.5. The van der Waals surface area contributed by atoms with E-state index >= 15 is 0 Å². The van der Waals surface area contributed by atoms with Gasteiger partial charge in [0.1, 0.15) is 11.6 Å². The second-order valence-corrected chi connectivity index (χ2v) is 7.71. The Hall–Kier alpha value is -3.46. The Balaban J connectivity index is 1.45. The minimum atomic E-state index is -0.483. The molecular weight excluding hydrogens is 463 g/mol. The summed E-state index contributed by atoms with van der Waals surface area (Å²) in [5.41, 5.74) is 3.79. The molecule has 2 aromatic heterocycles. The van der Waals surface area contributed by atoms with E-state index in [1.807, 2.05) is 37.3 Å². The molecule has 0 spiro atoms. The molecule has 3 N–H and O–H groups in total. The molecule has 0 fully saturated rings. The largest absolute Gasteiger partial charge is 0.368 e. The average Bonchev–Trinajstić information content (AvgIpc) is 3.14. The number of carbonyl (C=O) groups is 1. The zero-order chi connectivity index (χ0) is 21.8. The summed E-state index contributed by atoms with van der Waals surface area (Å²) in [5.74, 6) is 0.258. The maximum Gasteiger partial charge on any atom is 0.319 e. The van der Waals surface area contributed by atoms with Crippen molar-refractivity contribution in [1.82, 2.24) is 19.9 Å². The third kappa shape index (κ3) is 4.66. The van der Waals surface area contributed by atoms with E-state index in [-0.39, 0.29) is 5.69 Å². The topological polar surface area (TPSA) is 83.3 Å². The normalized spacial score (nSPS) is 10.8. The van der Waals surface area contributed by atoms with Crippen LogP contribution in [0.25, 0.3) is 16.9 Å². The van der Waals surface area contributed by atoms with Gasteiger partial charge in [0.25, 0.3) is 0 Å². The Kier molecular flexibility index (Phi) is 6.13. The number of aryl methyl sites for hydroxylation is 1. The lowest BCUT2D eigenvalue weighted by molar-refractivity contribution is 0.252. The molecule has 7 nitrogen and oxygen atoms in total. The van der Waals surface area contributed by atoms with Gasteiger partial charge in [0, 0.05) is 24.7 Å². The Morgan fingerprint density at radius 3 is 2.71 bits per heavy atom. The van der Waals surface area contributed by atoms with Gasteiger partial charge in [-0.2, -0.15) is 9.61 Å². The minimum Gasteiger partial charge on any atom is -0.368 e. The molecule has 0 aliphatic carbocycles. The third-order valence-electron chi connectivity index (χ3n) is 4.69. The van der Waals surface area contributed by atoms with Gasteiger partial charge in [-0.05, 0) is 40.5 Å². The Morgan fingerprint density at radius 2 is 1.90 bits per heavy atom. The predicted octanol–water partition coefficient (Wildman–Crippen LogP) is 4.84. The minimum absolute atomic E-state index is 0.132. The number of anilines is 2. The van der Waals surface area contributed by atoms with E-state index in [1.54, 1.807) is 22.8 Å². The fraction of sp³-hybridized carbons (Fsp3) is 0.136. The maximum absolute atomic E-state index is 13.6. The molecule has 0 atom stereocenters. The summed E-state index contributed by atoms with van der Waals surface area (Å²) in [7, 11) is 0. The van der Waals surface area contributed by atoms with E-state index in [0.29, 0.717) is 18.7 Å². The monoisotopic (exact) mass is 482 g/mol. The highest BCUT2D eigenvalue weighted by Crippen LogP contribution is 2.27. The molecule has 0 saturated carbocycles. The highest BCUT2D eigenvalue weighted by molar-refractivity contribution is 9.10. The molecule has 2 heterocycles. The van der Waals surface area contributed by atoms with Crippen molar-refractivity contribution in [3.8, 4) is 11.3 Å². The van der Waals surface area contributed by atoms with Crippen molar-refractivity contribution >= 4 is 39.1 Å². The summed E-state index contributed by atoms with van der Waals surface area (Å²) in [6, 6.07) is 15.5. The van der Waals surface area contributed by atoms with Gasteiger partial charge in [-0.25, -0.2) is 14.2 Å². The number of amides is 2. The molecule has 0 aliphatic rings. The maximum atomic E-state index is 13.6. The lowest BCUT2D eigenvalue weighted by atomic mass is 10.1. The number of carbonyl (C=O) groups excluding carboxylic acids is 1. The van der Waals surface area contributed by atoms with Crippen molar-refractivity contribution in [2.45, 2.75) is 6.92 Å². The van der Waals surface area contributed by atoms with Gasteiger partial charge < -0.3 is 16.0 Å². The van der Waals surface area contributed by atoms with Crippen LogP contribution in [-0.2, 0) is 0 Å². The van der Waals surface area contributed by atoms with Crippen LogP contribution in [0.5, 0.6) is 0 Å². The lowest BCUT2D eigenvalue weighted by Gasteiger charge is -2.13. The number of halogens is 2. The zero-order valence-corrected chi connectivity index (χ0v) is 18.3. The van der Waals surface area contributed by atoms with Crippen molar-refractivity contribution in [3.05, 3.63) is 76.6 Å². The van der Waals surface area contributed by atoms with Crippen molar-refractivity contribution in [2.75, 3.05) is 23.7 Å². The molecule has 4 rings (SSSR count). The quantitative estimate of drug-likeness (QED) is 0.343. The van der Waals surface area contributed by atoms with E-state index in [4.69, 9.17) is 4.98 Å². The van der Waals surface area contributed by atoms with Gasteiger partial charge in [-0.1, -0.05) is 36.4 Å². The van der Waals surface area contributed by atoms with Crippen LogP contribution in [0, 0.1) is 12.7 Å². The molecule has 0 bridgehead atoms. The first-order valence-electron chi connectivity index (χ1n) is 9.66. The van der Waals surface area contributed by atoms with E-state index in [9.17, 15) is 9.18 Å². The van der Waals surface area contributed by atoms with E-state index < -0.39 is 11.8 Å². The molecule has 9 heteroatoms. The van der Waals surface area contributed by atoms with Crippen molar-refractivity contribution < 1.29 is 9.18 Å². The lowest BCUT2D eigenvalue weighted by Crippen LogP contribution is -2.33. The molecular formula is C22H20BrFN6O. The average molecular weight is 483 g/mol. The fourth-order valence-electron chi connectivity index (χ4n) is 3.16. The van der Waals surface area contributed by atoms with Crippen LogP contribution in [0.2, 0.25) is 0 Å². The number of aromatic nitrogens is 3. The van der Waals surface area contributed by atoms with Crippen LogP contribution in [0.15, 0.2) is 65.3 Å². The Morgan fingerprint density at radius 1 is 1.13 bits per heavy atom. The van der Waals surface area contributed by atoms with Crippen LogP contribution < -0.4 is 16.0 Å². The molecule has 0 radical (unpaired) electrons. The van der Waals surface area contributed by atoms with Crippen LogP contribution >= 0.6 is 15.9 Å². The van der Waals surface area contributed by atoms with Gasteiger partial charge in [0.2, 0.25) is 0 Å². The highest BCUT2D eigenvalue weighted by atomic mass is 79.9. The Bertz CT molecular complexity index is 1240. The SMILES string of the molecule is Cc1ccccc1-c1cc(NCCNC(=O)Nc2ccccc2F)n2ncc(Br)c2n1. The van der Waals surface area contributed by atoms with E-state index in [2.05, 4.69) is 37.0 Å². The van der Waals surface area contributed by atoms with Crippen molar-refractivity contribution in [2.24, 2.45) is 0 Å². The fourth-order valence-corrected chi connectivity index (χ4v) is 3.50. The zero-order valence-electron chi connectivity index (χ0n) is 16.7. The summed E-state index contributed by atoms with van der Waals surface area (Å²) < 4.78 is 16.1. The molecule has 2 amide bonds. The summed E-state index contributed by atoms with van der Waals surface area (Å²) in [6.07, 6.45) is 1.69. The van der Waals surface area contributed by atoms with Gasteiger partial charge in [-0.3, -0.25) is 0 Å². The number of urea groups is 1. The van der Waals surface area contributed by atoms with Crippen LogP contribution in [0.4, 0.5) is 20.7 Å². The van der Waals surface area contributed by atoms with Crippen molar-refractivity contribution in [1.29, 1.82) is 0 Å². The second-order valence-electron chi connectivity index (χ2n) is 6.86. The first-order chi connectivity index (χ1) is 15.0. The van der Waals surface area contributed by atoms with Gasteiger partial charge in [-0.15, -0.1) is 0 Å². The highest BCUT2D eigenvalue weighted by Gasteiger charge is 2.12. The number of hydrogen-bond acceptors (Lipinski definition) is 4. The number of fused-ring (bicyclic) bond motifs is 1. The summed E-state index contributed by atoms with van der Waals surface area (Å²) in [6.45, 7) is 2.80. The van der Waals surface area contributed by atoms with Crippen LogP contribution in [0.3, 0.4) is 0 Å². The smallest absolute Gasteiger partial charge is 0.319 e. The van der Waals surface area contributed by atoms with Crippen molar-refractivity contribution in [3.63, 3.8) is 0 Å². The van der Waals surface area contributed by atoms with Crippen LogP contribution in [0.1, 0.15) is 5.56 Å². The summed E-state index contributed by atoms with van der Waals surface area (Å²) >= 11 is 3.50. The predicted molar refractivity (Wildman–Crippen MR) is 123 cm³/mol. The molecule has 158 valence electrons. The summed E-state index contributed by atoms with van der Waals surface area (Å²) in [4.78, 5) is 16.8. The van der Waals surface area contributed by atoms with E-state index in [0.717, 1.165) is 27.1 Å². The molecule has 31 heavy (non-hydrogen) atoms. The number of nitrogens with zero attached hydrogens (tertiary/aromatic N) is 3. The van der Waals surface area contributed by atoms with Crippen LogP contribution in [-0.4, -0.2) is 33.7 Å². The Labute approximate surface area is 186 Å². The standard InChI is InChI=1S/C22H20BrFN6O/c1-14-6-2-3-7-15(14)19-12-20(30-21(28-19)16(23)13-27-30)25-10-11-26-22(31)29-18-9-5-4-8-17(18)24/h2-9,12-13,25H,10-11H2,1H3,(H2,26,29,31). The van der Waals surface area contributed by atoms with Gasteiger partial charge in [0.05, 0.1) is 22.1 Å². The third-order valence-corrected chi connectivity index (χ3v) is 5.25. The number of hydrogen-bond donors (Lipinski definition) is 3. The molecule has 0 unspecified atom stereocenters. The number of benzene rings is 2. The molecule has 0 aliphatic heterocycles. The van der Waals surface area contributed by atoms with Gasteiger partial charge >= 0.3 is 6.03 Å². The summed E-state index contributed by atoms with van der Waals surface area (Å²) in [5, 5.41) is 12.8.